The van der Waals surface area contributed by atoms with E-state index in [1.54, 1.807) is 23.7 Å². The zero-order valence-electron chi connectivity index (χ0n) is 16.3. The lowest BCUT2D eigenvalue weighted by atomic mass is 9.69. The number of rotatable bonds is 6. The second-order valence-corrected chi connectivity index (χ2v) is 8.61. The van der Waals surface area contributed by atoms with E-state index in [1.807, 2.05) is 0 Å². The molecule has 1 aromatic heterocycles. The first-order chi connectivity index (χ1) is 14.5. The first kappa shape index (κ1) is 20.2. The number of anilines is 1. The van der Waals surface area contributed by atoms with Gasteiger partial charge in [-0.2, -0.15) is 0 Å². The number of nitrogens with zero attached hydrogens (tertiary/aromatic N) is 2. The Morgan fingerprint density at radius 3 is 2.33 bits per heavy atom. The van der Waals surface area contributed by atoms with Crippen molar-refractivity contribution in [2.75, 3.05) is 5.32 Å². The third kappa shape index (κ3) is 4.11. The predicted molar refractivity (Wildman–Crippen MR) is 109 cm³/mol. The van der Waals surface area contributed by atoms with Gasteiger partial charge in [0.1, 0.15) is 0 Å². The number of nitrogens with one attached hydrogen (secondary N) is 1. The highest BCUT2D eigenvalue weighted by atomic mass is 32.1. The lowest BCUT2D eigenvalue weighted by molar-refractivity contribution is -0.172. The highest BCUT2D eigenvalue weighted by molar-refractivity contribution is 7.13. The number of hydroxylamine groups is 2. The van der Waals surface area contributed by atoms with Crippen molar-refractivity contribution in [3.05, 3.63) is 47.0 Å². The highest BCUT2D eigenvalue weighted by Crippen LogP contribution is 2.43. The van der Waals surface area contributed by atoms with Crippen LogP contribution in [0, 0.1) is 5.41 Å². The molecule has 30 heavy (non-hydrogen) atoms. The molecule has 0 unspecified atom stereocenters. The Bertz CT molecular complexity index is 947. The van der Waals surface area contributed by atoms with Crippen molar-refractivity contribution in [3.63, 3.8) is 0 Å². The molecule has 0 saturated heterocycles. The number of carbonyl (C=O) groups is 4. The van der Waals surface area contributed by atoms with Crippen molar-refractivity contribution in [2.45, 2.75) is 44.9 Å². The maximum Gasteiger partial charge on any atom is 0.333 e. The molecule has 1 aromatic carbocycles. The van der Waals surface area contributed by atoms with E-state index in [1.165, 1.54) is 23.5 Å². The molecule has 9 heteroatoms. The largest absolute Gasteiger partial charge is 0.333 e. The Labute approximate surface area is 177 Å². The van der Waals surface area contributed by atoms with Crippen molar-refractivity contribution in [2.24, 2.45) is 5.41 Å². The number of thiazole rings is 1. The molecular weight excluding hydrogens is 406 g/mol. The second kappa shape index (κ2) is 8.35. The molecule has 1 saturated carbocycles. The number of hydrogen-bond acceptors (Lipinski definition) is 7. The molecule has 2 heterocycles. The number of fused-ring (bicyclic) bond motifs is 1. The molecule has 8 nitrogen and oxygen atoms in total. The number of amides is 3. The molecule has 2 aromatic rings. The van der Waals surface area contributed by atoms with Gasteiger partial charge >= 0.3 is 5.97 Å². The summed E-state index contributed by atoms with van der Waals surface area (Å²) in [4.78, 5) is 59.3. The van der Waals surface area contributed by atoms with Gasteiger partial charge in [0.2, 0.25) is 5.91 Å². The maximum atomic E-state index is 12.7. The quantitative estimate of drug-likeness (QED) is 0.707. The summed E-state index contributed by atoms with van der Waals surface area (Å²) in [6, 6.07) is 6.34. The number of aromatic nitrogens is 1. The third-order valence-corrected chi connectivity index (χ3v) is 6.29. The van der Waals surface area contributed by atoms with Crippen LogP contribution in [0.2, 0.25) is 0 Å². The summed E-state index contributed by atoms with van der Waals surface area (Å²) in [5.74, 6) is -2.19. The summed E-state index contributed by atoms with van der Waals surface area (Å²) in [7, 11) is 0. The van der Waals surface area contributed by atoms with Gasteiger partial charge in [-0.05, 0) is 30.4 Å². The van der Waals surface area contributed by atoms with E-state index in [0.29, 0.717) is 23.0 Å². The van der Waals surface area contributed by atoms with Crippen molar-refractivity contribution < 1.29 is 24.0 Å². The Morgan fingerprint density at radius 2 is 1.73 bits per heavy atom. The lowest BCUT2D eigenvalue weighted by Gasteiger charge is -2.36. The summed E-state index contributed by atoms with van der Waals surface area (Å²) >= 11 is 1.33. The van der Waals surface area contributed by atoms with E-state index >= 15 is 0 Å². The van der Waals surface area contributed by atoms with Crippen LogP contribution in [0.4, 0.5) is 5.13 Å². The molecule has 1 aliphatic carbocycles. The van der Waals surface area contributed by atoms with Crippen molar-refractivity contribution in [3.8, 4) is 0 Å². The Balaban J connectivity index is 1.43. The van der Waals surface area contributed by atoms with Crippen LogP contribution in [0.3, 0.4) is 0 Å². The van der Waals surface area contributed by atoms with E-state index in [9.17, 15) is 19.2 Å². The van der Waals surface area contributed by atoms with Gasteiger partial charge in [-0.25, -0.2) is 9.78 Å². The van der Waals surface area contributed by atoms with E-state index in [4.69, 9.17) is 4.84 Å². The molecule has 0 spiro atoms. The minimum absolute atomic E-state index is 0.0360. The van der Waals surface area contributed by atoms with Gasteiger partial charge in [0.25, 0.3) is 11.8 Å². The molecule has 1 aliphatic heterocycles. The summed E-state index contributed by atoms with van der Waals surface area (Å²) < 4.78 is 0. The van der Waals surface area contributed by atoms with Gasteiger partial charge < -0.3 is 10.2 Å². The predicted octanol–water partition coefficient (Wildman–Crippen LogP) is 3.57. The molecule has 1 fully saturated rings. The van der Waals surface area contributed by atoms with Crippen molar-refractivity contribution in [1.29, 1.82) is 0 Å². The van der Waals surface area contributed by atoms with E-state index < -0.39 is 23.2 Å². The topological polar surface area (TPSA) is 106 Å². The summed E-state index contributed by atoms with van der Waals surface area (Å²) in [5, 5.41) is 5.57. The first-order valence-electron chi connectivity index (χ1n) is 9.85. The molecule has 0 radical (unpaired) electrons. The van der Waals surface area contributed by atoms with Gasteiger partial charge in [-0.3, -0.25) is 14.4 Å². The number of hydrogen-bond donors (Lipinski definition) is 1. The van der Waals surface area contributed by atoms with Crippen LogP contribution in [-0.4, -0.2) is 33.7 Å². The molecule has 0 atom stereocenters. The Kier molecular flexibility index (Phi) is 5.63. The normalized spacial score (nSPS) is 17.5. The van der Waals surface area contributed by atoms with E-state index in [-0.39, 0.29) is 29.9 Å². The number of imide groups is 1. The number of benzene rings is 1. The van der Waals surface area contributed by atoms with Crippen LogP contribution in [0.5, 0.6) is 0 Å². The summed E-state index contributed by atoms with van der Waals surface area (Å²) in [6.45, 7) is 0. The van der Waals surface area contributed by atoms with E-state index in [2.05, 4.69) is 10.3 Å². The molecule has 1 N–H and O–H groups in total. The lowest BCUT2D eigenvalue weighted by Crippen LogP contribution is -2.37. The average molecular weight is 427 g/mol. The van der Waals surface area contributed by atoms with Gasteiger partial charge in [-0.15, -0.1) is 11.3 Å². The fourth-order valence-corrected chi connectivity index (χ4v) is 4.74. The van der Waals surface area contributed by atoms with Crippen molar-refractivity contribution in [1.82, 2.24) is 10.0 Å². The fraction of sp³-hybridized carbons (Fsp3) is 0.381. The Morgan fingerprint density at radius 1 is 1.07 bits per heavy atom. The van der Waals surface area contributed by atoms with Crippen LogP contribution < -0.4 is 5.32 Å². The highest BCUT2D eigenvalue weighted by Gasteiger charge is 2.42. The molecule has 2 aliphatic rings. The second-order valence-electron chi connectivity index (χ2n) is 7.71. The Hall–Kier alpha value is -3.07. The summed E-state index contributed by atoms with van der Waals surface area (Å²) in [6.07, 6.45) is 6.00. The SMILES string of the molecule is O=C(CC1(CC(=O)ON2C(=O)c3ccccc3C2=O)CCCCC1)Nc1nccs1. The van der Waals surface area contributed by atoms with Crippen LogP contribution in [0.25, 0.3) is 0 Å². The van der Waals surface area contributed by atoms with Gasteiger partial charge in [0.05, 0.1) is 17.5 Å². The van der Waals surface area contributed by atoms with Gasteiger partial charge in [0.15, 0.2) is 5.13 Å². The van der Waals surface area contributed by atoms with Gasteiger partial charge in [-0.1, -0.05) is 36.5 Å². The molecule has 4 rings (SSSR count). The smallest absolute Gasteiger partial charge is 0.330 e. The van der Waals surface area contributed by atoms with Gasteiger partial charge in [0, 0.05) is 18.0 Å². The average Bonchev–Trinajstić information content (AvgIpc) is 3.31. The van der Waals surface area contributed by atoms with E-state index in [0.717, 1.165) is 19.3 Å². The molecule has 0 bridgehead atoms. The zero-order chi connectivity index (χ0) is 21.1. The molecule has 3 amide bonds. The molecular formula is C21H21N3O5S. The van der Waals surface area contributed by atoms with Crippen LogP contribution in [0.1, 0.15) is 65.7 Å². The van der Waals surface area contributed by atoms with Crippen LogP contribution in [0.15, 0.2) is 35.8 Å². The standard InChI is InChI=1S/C21H21N3O5S/c25-16(23-20-22-10-11-30-20)12-21(8-4-1-5-9-21)13-17(26)29-24-18(27)14-6-2-3-7-15(14)19(24)28/h2-3,6-7,10-11H,1,4-5,8-9,12-13H2,(H,22,23,25). The first-order valence-corrected chi connectivity index (χ1v) is 10.7. The number of carbonyl (C=O) groups excluding carboxylic acids is 4. The maximum absolute atomic E-state index is 12.7. The zero-order valence-corrected chi connectivity index (χ0v) is 17.1. The monoisotopic (exact) mass is 427 g/mol. The van der Waals surface area contributed by atoms with Crippen LogP contribution in [-0.2, 0) is 14.4 Å². The van der Waals surface area contributed by atoms with Crippen molar-refractivity contribution >= 4 is 40.2 Å². The minimum atomic E-state index is -0.687. The third-order valence-electron chi connectivity index (χ3n) is 5.60. The van der Waals surface area contributed by atoms with Crippen LogP contribution >= 0.6 is 11.3 Å². The molecule has 156 valence electrons. The summed E-state index contributed by atoms with van der Waals surface area (Å²) in [5.41, 5.74) is -0.133. The fourth-order valence-electron chi connectivity index (χ4n) is 4.20. The minimum Gasteiger partial charge on any atom is -0.330 e.